The molecule has 0 aromatic heterocycles. The Morgan fingerprint density at radius 2 is 1.78 bits per heavy atom. The van der Waals surface area contributed by atoms with Gasteiger partial charge in [-0.1, -0.05) is 36.8 Å². The maximum absolute atomic E-state index is 5.93. The smallest absolute Gasteiger partial charge is 0.188 e. The lowest BCUT2D eigenvalue weighted by atomic mass is 9.86. The van der Waals surface area contributed by atoms with Crippen LogP contribution in [0.3, 0.4) is 0 Å². The van der Waals surface area contributed by atoms with Gasteiger partial charge >= 0.3 is 0 Å². The minimum Gasteiger partial charge on any atom is -0.370 e. The zero-order chi connectivity index (χ0) is 18.0. The average molecular weight is 484 g/mol. The number of guanidine groups is 1. The molecule has 5 heteroatoms. The Kier molecular flexibility index (Phi) is 10.5. The Hall–Kier alpha value is -0.820. The van der Waals surface area contributed by atoms with Crippen LogP contribution in [0.1, 0.15) is 50.5 Å². The lowest BCUT2D eigenvalue weighted by molar-refractivity contribution is 0.181. The van der Waals surface area contributed by atoms with Gasteiger partial charge in [0.05, 0.1) is 0 Å². The van der Waals surface area contributed by atoms with E-state index >= 15 is 0 Å². The monoisotopic (exact) mass is 484 g/mol. The van der Waals surface area contributed by atoms with Crippen LogP contribution in [0.2, 0.25) is 0 Å². The number of likely N-dealkylation sites (tertiary alicyclic amines) is 1. The maximum atomic E-state index is 5.93. The van der Waals surface area contributed by atoms with Gasteiger partial charge in [0.15, 0.2) is 5.96 Å². The molecule has 0 radical (unpaired) electrons. The van der Waals surface area contributed by atoms with Crippen LogP contribution in [0.25, 0.3) is 0 Å². The molecule has 0 bridgehead atoms. The van der Waals surface area contributed by atoms with Gasteiger partial charge in [0, 0.05) is 13.1 Å². The minimum atomic E-state index is 0. The maximum Gasteiger partial charge on any atom is 0.188 e. The summed E-state index contributed by atoms with van der Waals surface area (Å²) in [4.78, 5) is 7.08. The van der Waals surface area contributed by atoms with Gasteiger partial charge in [-0.2, -0.15) is 0 Å². The van der Waals surface area contributed by atoms with E-state index in [1.165, 1.54) is 76.6 Å². The molecule has 27 heavy (non-hydrogen) atoms. The van der Waals surface area contributed by atoms with Crippen LogP contribution in [0.4, 0.5) is 0 Å². The largest absolute Gasteiger partial charge is 0.370 e. The van der Waals surface area contributed by atoms with Crippen molar-refractivity contribution in [2.24, 2.45) is 22.6 Å². The van der Waals surface area contributed by atoms with Crippen LogP contribution in [-0.4, -0.2) is 43.6 Å². The molecule has 0 spiro atoms. The molecule has 0 atom stereocenters. The quantitative estimate of drug-likeness (QED) is 0.241. The lowest BCUT2D eigenvalue weighted by Crippen LogP contribution is -2.36. The number of nitrogens with one attached hydrogen (secondary N) is 1. The number of nitrogens with zero attached hydrogens (tertiary/aromatic N) is 2. The van der Waals surface area contributed by atoms with Gasteiger partial charge in [-0.05, 0) is 82.0 Å². The predicted molar refractivity (Wildman–Crippen MR) is 126 cm³/mol. The van der Waals surface area contributed by atoms with Crippen molar-refractivity contribution in [2.45, 2.75) is 51.4 Å². The van der Waals surface area contributed by atoms with Crippen LogP contribution in [0.5, 0.6) is 0 Å². The second-order valence-corrected chi connectivity index (χ2v) is 8.13. The Morgan fingerprint density at radius 1 is 1.04 bits per heavy atom. The third kappa shape index (κ3) is 8.38. The molecule has 1 aliphatic carbocycles. The highest BCUT2D eigenvalue weighted by Gasteiger charge is 2.19. The highest BCUT2D eigenvalue weighted by atomic mass is 127. The van der Waals surface area contributed by atoms with Crippen molar-refractivity contribution in [1.29, 1.82) is 0 Å². The molecule has 0 unspecified atom stereocenters. The average Bonchev–Trinajstić information content (AvgIpc) is 2.62. The Balaban J connectivity index is 0.00000261. The van der Waals surface area contributed by atoms with E-state index in [1.54, 1.807) is 0 Å². The fourth-order valence-corrected chi connectivity index (χ4v) is 4.00. The van der Waals surface area contributed by atoms with Crippen molar-refractivity contribution in [2.75, 3.05) is 32.7 Å². The summed E-state index contributed by atoms with van der Waals surface area (Å²) >= 11 is 0. The van der Waals surface area contributed by atoms with Crippen molar-refractivity contribution in [3.05, 3.63) is 35.9 Å². The van der Waals surface area contributed by atoms with Crippen molar-refractivity contribution in [3.63, 3.8) is 0 Å². The van der Waals surface area contributed by atoms with Gasteiger partial charge in [0.2, 0.25) is 0 Å². The standard InChI is InChI=1S/C22H36N4.HI/c23-22(25-18-21-9-6-10-21)24-13-4-5-14-26-15-11-20(12-16-26)17-19-7-2-1-3-8-19;/h1-3,7-8,20-21H,4-6,9-18H2,(H3,23,24,25);1H. The van der Waals surface area contributed by atoms with E-state index < -0.39 is 0 Å². The Morgan fingerprint density at radius 3 is 2.44 bits per heavy atom. The topological polar surface area (TPSA) is 53.6 Å². The second kappa shape index (κ2) is 12.6. The molecule has 1 aliphatic heterocycles. The number of nitrogens with two attached hydrogens (primary N) is 1. The number of piperidine rings is 1. The minimum absolute atomic E-state index is 0. The van der Waals surface area contributed by atoms with Crippen LogP contribution >= 0.6 is 24.0 Å². The van der Waals surface area contributed by atoms with Gasteiger partial charge in [0.25, 0.3) is 0 Å². The molecule has 1 saturated carbocycles. The SMILES string of the molecule is I.NC(=NCC1CCC1)NCCCCN1CCC(Cc2ccccc2)CC1. The highest BCUT2D eigenvalue weighted by Crippen LogP contribution is 2.26. The summed E-state index contributed by atoms with van der Waals surface area (Å²) in [5.41, 5.74) is 7.43. The van der Waals surface area contributed by atoms with E-state index in [0.29, 0.717) is 5.96 Å². The predicted octanol–water partition coefficient (Wildman–Crippen LogP) is 4.04. The number of halogens is 1. The summed E-state index contributed by atoms with van der Waals surface area (Å²) in [5.74, 6) is 2.29. The molecular weight excluding hydrogens is 447 g/mol. The van der Waals surface area contributed by atoms with E-state index in [0.717, 1.165) is 24.9 Å². The van der Waals surface area contributed by atoms with E-state index in [-0.39, 0.29) is 24.0 Å². The summed E-state index contributed by atoms with van der Waals surface area (Å²) in [5, 5.41) is 3.27. The van der Waals surface area contributed by atoms with Crippen LogP contribution < -0.4 is 11.1 Å². The molecule has 2 fully saturated rings. The summed E-state index contributed by atoms with van der Waals surface area (Å²) in [6, 6.07) is 10.9. The summed E-state index contributed by atoms with van der Waals surface area (Å²) in [7, 11) is 0. The molecule has 1 saturated heterocycles. The van der Waals surface area contributed by atoms with Gasteiger partial charge in [0.1, 0.15) is 0 Å². The molecule has 152 valence electrons. The van der Waals surface area contributed by atoms with Crippen molar-refractivity contribution in [3.8, 4) is 0 Å². The van der Waals surface area contributed by atoms with E-state index in [9.17, 15) is 0 Å². The zero-order valence-electron chi connectivity index (χ0n) is 16.6. The number of aliphatic imine (C=N–C) groups is 1. The number of unbranched alkanes of at least 4 members (excludes halogenated alkanes) is 1. The molecule has 1 heterocycles. The van der Waals surface area contributed by atoms with E-state index in [2.05, 4.69) is 45.5 Å². The number of rotatable bonds is 9. The van der Waals surface area contributed by atoms with Gasteiger partial charge in [-0.25, -0.2) is 0 Å². The summed E-state index contributed by atoms with van der Waals surface area (Å²) < 4.78 is 0. The first-order valence-corrected chi connectivity index (χ1v) is 10.6. The number of benzene rings is 1. The third-order valence-corrected chi connectivity index (χ3v) is 6.03. The summed E-state index contributed by atoms with van der Waals surface area (Å²) in [6.07, 6.45) is 10.4. The Bertz CT molecular complexity index is 537. The van der Waals surface area contributed by atoms with E-state index in [1.807, 2.05) is 0 Å². The highest BCUT2D eigenvalue weighted by molar-refractivity contribution is 14.0. The second-order valence-electron chi connectivity index (χ2n) is 8.13. The van der Waals surface area contributed by atoms with Gasteiger partial charge < -0.3 is 16.0 Å². The third-order valence-electron chi connectivity index (χ3n) is 6.03. The van der Waals surface area contributed by atoms with Crippen LogP contribution in [0.15, 0.2) is 35.3 Å². The Labute approximate surface area is 182 Å². The molecule has 1 aromatic carbocycles. The molecule has 3 rings (SSSR count). The van der Waals surface area contributed by atoms with Crippen LogP contribution in [-0.2, 0) is 6.42 Å². The van der Waals surface area contributed by atoms with Crippen molar-refractivity contribution < 1.29 is 0 Å². The zero-order valence-corrected chi connectivity index (χ0v) is 18.9. The van der Waals surface area contributed by atoms with Crippen LogP contribution in [0, 0.1) is 11.8 Å². The fourth-order valence-electron chi connectivity index (χ4n) is 4.00. The lowest BCUT2D eigenvalue weighted by Gasteiger charge is -2.32. The normalized spacial score (nSPS) is 19.3. The first-order chi connectivity index (χ1) is 12.8. The van der Waals surface area contributed by atoms with Gasteiger partial charge in [-0.3, -0.25) is 4.99 Å². The van der Waals surface area contributed by atoms with Gasteiger partial charge in [-0.15, -0.1) is 24.0 Å². The molecule has 4 nitrogen and oxygen atoms in total. The van der Waals surface area contributed by atoms with Crippen molar-refractivity contribution in [1.82, 2.24) is 10.2 Å². The fraction of sp³-hybridized carbons (Fsp3) is 0.682. The molecule has 1 aromatic rings. The van der Waals surface area contributed by atoms with Crippen molar-refractivity contribution >= 4 is 29.9 Å². The summed E-state index contributed by atoms with van der Waals surface area (Å²) in [6.45, 7) is 5.60. The first kappa shape index (κ1) is 22.5. The van der Waals surface area contributed by atoms with E-state index in [4.69, 9.17) is 5.73 Å². The molecule has 2 aliphatic rings. The molecule has 3 N–H and O–H groups in total. The number of hydrogen-bond acceptors (Lipinski definition) is 2. The first-order valence-electron chi connectivity index (χ1n) is 10.6. The molecular formula is C22H37IN4. The number of hydrogen-bond donors (Lipinski definition) is 2. The molecule has 0 amide bonds.